The molecule has 1 aliphatic rings. The Balaban J connectivity index is 1.81. The van der Waals surface area contributed by atoms with E-state index in [1.807, 2.05) is 51.1 Å². The zero-order valence-corrected chi connectivity index (χ0v) is 17.6. The first-order valence-corrected chi connectivity index (χ1v) is 11.3. The Bertz CT molecular complexity index is 963. The monoisotopic (exact) mass is 405 g/mol. The van der Waals surface area contributed by atoms with Gasteiger partial charge in [-0.15, -0.1) is 0 Å². The van der Waals surface area contributed by atoms with Crippen molar-refractivity contribution < 1.29 is 22.4 Å². The number of carbonyl (C=O) groups excluding carboxylic acids is 1. The van der Waals surface area contributed by atoms with Gasteiger partial charge in [0.2, 0.25) is 0 Å². The van der Waals surface area contributed by atoms with Crippen LogP contribution in [0.15, 0.2) is 34.7 Å². The van der Waals surface area contributed by atoms with Gasteiger partial charge < -0.3 is 14.1 Å². The van der Waals surface area contributed by atoms with Crippen LogP contribution in [0.4, 0.5) is 0 Å². The third-order valence-electron chi connectivity index (χ3n) is 5.26. The van der Waals surface area contributed by atoms with Crippen molar-refractivity contribution in [3.8, 4) is 5.75 Å². The smallest absolute Gasteiger partial charge is 0.264 e. The maximum Gasteiger partial charge on any atom is 0.264 e. The second-order valence-electron chi connectivity index (χ2n) is 7.49. The van der Waals surface area contributed by atoms with Crippen molar-refractivity contribution in [3.05, 3.63) is 53.0 Å². The van der Waals surface area contributed by atoms with Gasteiger partial charge in [-0.05, 0) is 63.4 Å². The van der Waals surface area contributed by atoms with E-state index in [1.165, 1.54) is 0 Å². The predicted molar refractivity (Wildman–Crippen MR) is 107 cm³/mol. The van der Waals surface area contributed by atoms with Crippen LogP contribution < -0.4 is 4.74 Å². The maximum absolute atomic E-state index is 13.2. The Morgan fingerprint density at radius 1 is 1.25 bits per heavy atom. The van der Waals surface area contributed by atoms with Gasteiger partial charge in [0.15, 0.2) is 15.9 Å². The Labute approximate surface area is 166 Å². The zero-order chi connectivity index (χ0) is 20.5. The molecule has 1 amide bonds. The summed E-state index contributed by atoms with van der Waals surface area (Å²) < 4.78 is 35.5. The number of ether oxygens (including phenoxy) is 1. The number of sulfone groups is 1. The van der Waals surface area contributed by atoms with Crippen molar-refractivity contribution in [3.63, 3.8) is 0 Å². The van der Waals surface area contributed by atoms with E-state index in [4.69, 9.17) is 9.15 Å². The molecular formula is C21H27NO5S. The summed E-state index contributed by atoms with van der Waals surface area (Å²) in [6, 6.07) is 9.00. The van der Waals surface area contributed by atoms with Crippen molar-refractivity contribution in [1.29, 1.82) is 0 Å². The zero-order valence-electron chi connectivity index (χ0n) is 16.8. The van der Waals surface area contributed by atoms with Crippen molar-refractivity contribution in [2.24, 2.45) is 0 Å². The molecule has 2 atom stereocenters. The van der Waals surface area contributed by atoms with Crippen LogP contribution in [0.25, 0.3) is 0 Å². The van der Waals surface area contributed by atoms with Crippen LogP contribution >= 0.6 is 0 Å². The van der Waals surface area contributed by atoms with E-state index in [9.17, 15) is 13.2 Å². The van der Waals surface area contributed by atoms with E-state index in [0.29, 0.717) is 17.9 Å². The summed E-state index contributed by atoms with van der Waals surface area (Å²) in [6.45, 7) is 7.71. The van der Waals surface area contributed by atoms with Gasteiger partial charge in [-0.3, -0.25) is 4.79 Å². The van der Waals surface area contributed by atoms with Crippen LogP contribution in [0.5, 0.6) is 5.75 Å². The molecule has 2 unspecified atom stereocenters. The van der Waals surface area contributed by atoms with Crippen molar-refractivity contribution in [2.75, 3.05) is 11.5 Å². The predicted octanol–water partition coefficient (Wildman–Crippen LogP) is 3.19. The standard InChI is InChI=1S/C21H27NO5S/c1-14-6-5-7-20(16(14)3)27-17(4)21(23)22(12-19-9-8-15(2)26-19)18-10-11-28(24,25)13-18/h5-9,17-18H,10-13H2,1-4H3. The molecule has 152 valence electrons. The number of hydrogen-bond acceptors (Lipinski definition) is 5. The molecule has 3 rings (SSSR count). The molecule has 0 radical (unpaired) electrons. The third kappa shape index (κ3) is 4.58. The second kappa shape index (κ2) is 7.99. The summed E-state index contributed by atoms with van der Waals surface area (Å²) in [5, 5.41) is 0. The van der Waals surface area contributed by atoms with Gasteiger partial charge in [0.1, 0.15) is 17.3 Å². The average molecular weight is 406 g/mol. The number of rotatable bonds is 6. The molecular weight excluding hydrogens is 378 g/mol. The number of amides is 1. The minimum Gasteiger partial charge on any atom is -0.481 e. The largest absolute Gasteiger partial charge is 0.481 e. The molecule has 1 aliphatic heterocycles. The summed E-state index contributed by atoms with van der Waals surface area (Å²) in [6.07, 6.45) is -0.302. The molecule has 0 N–H and O–H groups in total. The first-order valence-electron chi connectivity index (χ1n) is 9.45. The lowest BCUT2D eigenvalue weighted by Gasteiger charge is -2.30. The van der Waals surface area contributed by atoms with Crippen LogP contribution in [0, 0.1) is 20.8 Å². The molecule has 2 heterocycles. The Morgan fingerprint density at radius 3 is 2.61 bits per heavy atom. The first kappa shape index (κ1) is 20.5. The first-order chi connectivity index (χ1) is 13.2. The van der Waals surface area contributed by atoms with Crippen LogP contribution in [0.2, 0.25) is 0 Å². The summed E-state index contributed by atoms with van der Waals surface area (Å²) in [4.78, 5) is 14.8. The molecule has 0 saturated carbocycles. The van der Waals surface area contributed by atoms with Gasteiger partial charge in [0, 0.05) is 6.04 Å². The van der Waals surface area contributed by atoms with Crippen molar-refractivity contribution in [2.45, 2.75) is 52.8 Å². The number of nitrogens with zero attached hydrogens (tertiary/aromatic N) is 1. The molecule has 1 aromatic heterocycles. The molecule has 0 aliphatic carbocycles. The normalized spacial score (nSPS) is 19.4. The summed E-state index contributed by atoms with van der Waals surface area (Å²) in [5.41, 5.74) is 2.07. The summed E-state index contributed by atoms with van der Waals surface area (Å²) in [7, 11) is -3.12. The van der Waals surface area contributed by atoms with E-state index in [2.05, 4.69) is 0 Å². The molecule has 28 heavy (non-hydrogen) atoms. The fraction of sp³-hybridized carbons (Fsp3) is 0.476. The fourth-order valence-electron chi connectivity index (χ4n) is 3.47. The van der Waals surface area contributed by atoms with Crippen molar-refractivity contribution >= 4 is 15.7 Å². The number of aryl methyl sites for hydroxylation is 2. The summed E-state index contributed by atoms with van der Waals surface area (Å²) >= 11 is 0. The van der Waals surface area contributed by atoms with E-state index >= 15 is 0 Å². The minimum atomic E-state index is -3.12. The minimum absolute atomic E-state index is 0.0192. The molecule has 6 nitrogen and oxygen atoms in total. The highest BCUT2D eigenvalue weighted by Gasteiger charge is 2.37. The highest BCUT2D eigenvalue weighted by atomic mass is 32.2. The van der Waals surface area contributed by atoms with Gasteiger partial charge in [-0.25, -0.2) is 8.42 Å². The number of benzene rings is 1. The highest BCUT2D eigenvalue weighted by Crippen LogP contribution is 2.25. The average Bonchev–Trinajstić information content (AvgIpc) is 3.21. The van der Waals surface area contributed by atoms with E-state index in [0.717, 1.165) is 16.9 Å². The Kier molecular flexibility index (Phi) is 5.84. The number of furan rings is 1. The lowest BCUT2D eigenvalue weighted by Crippen LogP contribution is -2.46. The van der Waals surface area contributed by atoms with E-state index in [-0.39, 0.29) is 30.0 Å². The number of hydrogen-bond donors (Lipinski definition) is 0. The van der Waals surface area contributed by atoms with Crippen molar-refractivity contribution in [1.82, 2.24) is 4.90 Å². The maximum atomic E-state index is 13.2. The Morgan fingerprint density at radius 2 is 2.00 bits per heavy atom. The van der Waals surface area contributed by atoms with Gasteiger partial charge >= 0.3 is 0 Å². The van der Waals surface area contributed by atoms with E-state index in [1.54, 1.807) is 11.8 Å². The third-order valence-corrected chi connectivity index (χ3v) is 7.01. The topological polar surface area (TPSA) is 76.8 Å². The number of carbonyl (C=O) groups is 1. The molecule has 2 aromatic rings. The molecule has 0 bridgehead atoms. The molecule has 0 spiro atoms. The molecule has 1 aromatic carbocycles. The van der Waals surface area contributed by atoms with Crippen LogP contribution in [0.1, 0.15) is 36.0 Å². The Hall–Kier alpha value is -2.28. The SMILES string of the molecule is Cc1ccc(CN(C(=O)C(C)Oc2cccc(C)c2C)C2CCS(=O)(=O)C2)o1. The quantitative estimate of drug-likeness (QED) is 0.738. The van der Waals surface area contributed by atoms with E-state index < -0.39 is 15.9 Å². The molecule has 1 saturated heterocycles. The van der Waals surface area contributed by atoms with Crippen LogP contribution in [-0.2, 0) is 21.2 Å². The second-order valence-corrected chi connectivity index (χ2v) is 9.72. The molecule has 7 heteroatoms. The lowest BCUT2D eigenvalue weighted by atomic mass is 10.1. The highest BCUT2D eigenvalue weighted by molar-refractivity contribution is 7.91. The fourth-order valence-corrected chi connectivity index (χ4v) is 5.20. The lowest BCUT2D eigenvalue weighted by molar-refractivity contribution is -0.141. The van der Waals surface area contributed by atoms with Crippen LogP contribution in [0.3, 0.4) is 0 Å². The van der Waals surface area contributed by atoms with Gasteiger partial charge in [-0.2, -0.15) is 0 Å². The molecule has 1 fully saturated rings. The van der Waals surface area contributed by atoms with Gasteiger partial charge in [0.25, 0.3) is 5.91 Å². The van der Waals surface area contributed by atoms with Gasteiger partial charge in [0.05, 0.1) is 18.1 Å². The van der Waals surface area contributed by atoms with Gasteiger partial charge in [-0.1, -0.05) is 12.1 Å². The van der Waals surface area contributed by atoms with Crippen LogP contribution in [-0.4, -0.2) is 42.9 Å². The summed E-state index contributed by atoms with van der Waals surface area (Å²) in [5.74, 6) is 1.89.